The van der Waals surface area contributed by atoms with Crippen molar-refractivity contribution in [3.05, 3.63) is 77.4 Å². The molecule has 0 atom stereocenters. The third kappa shape index (κ3) is 2.64. The van der Waals surface area contributed by atoms with Gasteiger partial charge in [0.1, 0.15) is 6.54 Å². The van der Waals surface area contributed by atoms with Crippen molar-refractivity contribution in [2.75, 3.05) is 26.2 Å². The van der Waals surface area contributed by atoms with E-state index in [1.165, 1.54) is 60.2 Å². The van der Waals surface area contributed by atoms with Crippen molar-refractivity contribution >= 4 is 5.57 Å². The van der Waals surface area contributed by atoms with E-state index in [-0.39, 0.29) is 0 Å². The predicted octanol–water partition coefficient (Wildman–Crippen LogP) is 4.75. The summed E-state index contributed by atoms with van der Waals surface area (Å²) in [7, 11) is 0. The number of hydrogen-bond acceptors (Lipinski definition) is 0. The van der Waals surface area contributed by atoms with E-state index in [0.717, 1.165) is 5.92 Å². The molecule has 3 saturated heterocycles. The third-order valence-corrected chi connectivity index (χ3v) is 6.02. The van der Waals surface area contributed by atoms with Gasteiger partial charge >= 0.3 is 0 Å². The molecule has 118 valence electrons. The van der Waals surface area contributed by atoms with Crippen LogP contribution in [0.15, 0.2) is 66.2 Å². The summed E-state index contributed by atoms with van der Waals surface area (Å²) in [5.74, 6) is 0.789. The van der Waals surface area contributed by atoms with Gasteiger partial charge in [0.2, 0.25) is 0 Å². The van der Waals surface area contributed by atoms with Gasteiger partial charge in [-0.15, -0.1) is 0 Å². The highest BCUT2D eigenvalue weighted by atomic mass is 15.4. The van der Waals surface area contributed by atoms with Crippen LogP contribution in [-0.2, 0) is 0 Å². The van der Waals surface area contributed by atoms with E-state index < -0.39 is 0 Å². The molecule has 23 heavy (non-hydrogen) atoms. The van der Waals surface area contributed by atoms with Crippen LogP contribution in [0.25, 0.3) is 5.57 Å². The minimum absolute atomic E-state index is 0.789. The molecular weight excluding hydrogens is 278 g/mol. The second-order valence-corrected chi connectivity index (χ2v) is 7.17. The number of rotatable bonds is 3. The van der Waals surface area contributed by atoms with E-state index in [1.807, 2.05) is 0 Å². The van der Waals surface area contributed by atoms with Gasteiger partial charge in [0.25, 0.3) is 0 Å². The minimum Gasteiger partial charge on any atom is -0.320 e. The molecule has 3 aliphatic rings. The number of likely N-dealkylation sites (N-methyl/N-ethyl adjacent to an activating group) is 1. The molecule has 0 aliphatic carbocycles. The third-order valence-electron chi connectivity index (χ3n) is 6.02. The van der Waals surface area contributed by atoms with E-state index in [0.29, 0.717) is 0 Å². The van der Waals surface area contributed by atoms with Crippen molar-refractivity contribution in [3.8, 4) is 0 Å². The van der Waals surface area contributed by atoms with Crippen LogP contribution in [0.4, 0.5) is 0 Å². The first-order chi connectivity index (χ1) is 11.3. The average molecular weight is 304 g/mol. The number of quaternary nitrogens is 1. The Bertz CT molecular complexity index is 650. The van der Waals surface area contributed by atoms with Crippen molar-refractivity contribution in [2.24, 2.45) is 5.92 Å². The fourth-order valence-electron chi connectivity index (χ4n) is 4.57. The van der Waals surface area contributed by atoms with Gasteiger partial charge in [0.15, 0.2) is 0 Å². The lowest BCUT2D eigenvalue weighted by Gasteiger charge is -2.50. The van der Waals surface area contributed by atoms with E-state index in [2.05, 4.69) is 67.6 Å². The summed E-state index contributed by atoms with van der Waals surface area (Å²) < 4.78 is 1.30. The maximum Gasteiger partial charge on any atom is 0.102 e. The topological polar surface area (TPSA) is 0 Å². The Balaban J connectivity index is 1.88. The van der Waals surface area contributed by atoms with Gasteiger partial charge in [-0.05, 0) is 35.1 Å². The van der Waals surface area contributed by atoms with E-state index in [4.69, 9.17) is 0 Å². The first kappa shape index (κ1) is 14.7. The quantitative estimate of drug-likeness (QED) is 0.718. The predicted molar refractivity (Wildman–Crippen MR) is 97.0 cm³/mol. The van der Waals surface area contributed by atoms with Crippen LogP contribution in [0, 0.1) is 5.92 Å². The Hall–Kier alpha value is -1.86. The highest BCUT2D eigenvalue weighted by Gasteiger charge is 2.42. The van der Waals surface area contributed by atoms with Crippen LogP contribution in [0.5, 0.6) is 0 Å². The van der Waals surface area contributed by atoms with Gasteiger partial charge in [0.05, 0.1) is 19.6 Å². The van der Waals surface area contributed by atoms with Gasteiger partial charge in [-0.3, -0.25) is 0 Å². The van der Waals surface area contributed by atoms with Gasteiger partial charge in [-0.2, -0.15) is 0 Å². The second-order valence-electron chi connectivity index (χ2n) is 7.17. The summed E-state index contributed by atoms with van der Waals surface area (Å²) in [6.07, 6.45) is 2.73. The standard InChI is InChI=1S/C22H26N/c1-2-23-15-13-18(14-16-23)21(17-23)22(19-9-5-3-6-10-19)20-11-7-4-8-12-20/h3-12,18H,2,13-17H2,1H3/q+1. The molecule has 3 aliphatic heterocycles. The van der Waals surface area contributed by atoms with Gasteiger partial charge in [-0.25, -0.2) is 0 Å². The minimum atomic E-state index is 0.789. The van der Waals surface area contributed by atoms with E-state index in [9.17, 15) is 0 Å². The number of nitrogens with zero attached hydrogens (tertiary/aromatic N) is 1. The Kier molecular flexibility index (Phi) is 3.82. The number of hydrogen-bond donors (Lipinski definition) is 0. The van der Waals surface area contributed by atoms with Crippen molar-refractivity contribution < 1.29 is 4.48 Å². The second kappa shape index (κ2) is 5.98. The van der Waals surface area contributed by atoms with Crippen LogP contribution in [0.1, 0.15) is 30.9 Å². The number of fused-ring (bicyclic) bond motifs is 3. The van der Waals surface area contributed by atoms with Crippen molar-refractivity contribution in [1.82, 2.24) is 0 Å². The normalized spacial score (nSPS) is 26.3. The molecule has 0 radical (unpaired) electrons. The summed E-state index contributed by atoms with van der Waals surface area (Å²) in [6.45, 7) is 7.64. The largest absolute Gasteiger partial charge is 0.320 e. The summed E-state index contributed by atoms with van der Waals surface area (Å²) in [4.78, 5) is 0. The first-order valence-electron chi connectivity index (χ1n) is 9.00. The summed E-state index contributed by atoms with van der Waals surface area (Å²) in [5.41, 5.74) is 5.99. The van der Waals surface area contributed by atoms with Gasteiger partial charge in [0, 0.05) is 12.8 Å². The molecule has 5 rings (SSSR count). The average Bonchev–Trinajstić information content (AvgIpc) is 2.65. The maximum atomic E-state index is 2.37. The Morgan fingerprint density at radius 3 is 1.87 bits per heavy atom. The summed E-state index contributed by atoms with van der Waals surface area (Å²) in [5, 5.41) is 0. The molecule has 2 aromatic carbocycles. The Morgan fingerprint density at radius 1 is 0.870 bits per heavy atom. The molecule has 0 amide bonds. The molecule has 1 nitrogen and oxygen atoms in total. The molecule has 3 fully saturated rings. The smallest absolute Gasteiger partial charge is 0.102 e. The van der Waals surface area contributed by atoms with Crippen LogP contribution >= 0.6 is 0 Å². The summed E-state index contributed by atoms with van der Waals surface area (Å²) >= 11 is 0. The fourth-order valence-corrected chi connectivity index (χ4v) is 4.57. The zero-order chi connectivity index (χ0) is 15.7. The zero-order valence-corrected chi connectivity index (χ0v) is 14.0. The highest BCUT2D eigenvalue weighted by Crippen LogP contribution is 2.42. The lowest BCUT2D eigenvalue weighted by Crippen LogP contribution is -2.59. The molecule has 2 bridgehead atoms. The molecule has 0 aromatic heterocycles. The zero-order valence-electron chi connectivity index (χ0n) is 14.0. The first-order valence-corrected chi connectivity index (χ1v) is 9.00. The molecule has 0 N–H and O–H groups in total. The highest BCUT2D eigenvalue weighted by molar-refractivity contribution is 5.82. The van der Waals surface area contributed by atoms with Crippen molar-refractivity contribution in [1.29, 1.82) is 0 Å². The van der Waals surface area contributed by atoms with E-state index >= 15 is 0 Å². The van der Waals surface area contributed by atoms with Crippen molar-refractivity contribution in [2.45, 2.75) is 19.8 Å². The molecule has 0 spiro atoms. The van der Waals surface area contributed by atoms with E-state index in [1.54, 1.807) is 5.57 Å². The lowest BCUT2D eigenvalue weighted by molar-refractivity contribution is -0.934. The molecule has 0 saturated carbocycles. The number of piperidine rings is 3. The summed E-state index contributed by atoms with van der Waals surface area (Å²) in [6, 6.07) is 22.0. The fraction of sp³-hybridized carbons (Fsp3) is 0.364. The molecule has 2 aromatic rings. The van der Waals surface area contributed by atoms with Gasteiger partial charge in [-0.1, -0.05) is 60.7 Å². The Labute approximate surface area is 139 Å². The number of benzene rings is 2. The molecule has 1 heteroatoms. The van der Waals surface area contributed by atoms with Crippen LogP contribution in [0.3, 0.4) is 0 Å². The molecule has 0 unspecified atom stereocenters. The van der Waals surface area contributed by atoms with Crippen LogP contribution in [0.2, 0.25) is 0 Å². The van der Waals surface area contributed by atoms with Crippen LogP contribution in [-0.4, -0.2) is 30.7 Å². The van der Waals surface area contributed by atoms with Gasteiger partial charge < -0.3 is 4.48 Å². The lowest BCUT2D eigenvalue weighted by atomic mass is 9.76. The van der Waals surface area contributed by atoms with Crippen molar-refractivity contribution in [3.63, 3.8) is 0 Å². The Morgan fingerprint density at radius 2 is 1.39 bits per heavy atom. The van der Waals surface area contributed by atoms with Crippen LogP contribution < -0.4 is 0 Å². The SMILES string of the molecule is CC[N+]12CCC(CC1)C(=C(c1ccccc1)c1ccccc1)C2. The molecular formula is C22H26N+. The molecule has 3 heterocycles. The maximum absolute atomic E-state index is 2.37. The monoisotopic (exact) mass is 304 g/mol.